The molecule has 1 aromatic heterocycles. The lowest BCUT2D eigenvalue weighted by atomic mass is 9.91. The molecule has 186 valence electrons. The van der Waals surface area contributed by atoms with E-state index in [2.05, 4.69) is 14.9 Å². The van der Waals surface area contributed by atoms with Gasteiger partial charge < -0.3 is 10.5 Å². The van der Waals surface area contributed by atoms with E-state index in [1.807, 2.05) is 26.0 Å². The number of ketones is 1. The van der Waals surface area contributed by atoms with E-state index in [0.29, 0.717) is 16.8 Å². The van der Waals surface area contributed by atoms with Crippen LogP contribution in [0.1, 0.15) is 53.0 Å². The Morgan fingerprint density at radius 3 is 2.17 bits per heavy atom. The molecule has 0 aliphatic carbocycles. The number of anilines is 1. The van der Waals surface area contributed by atoms with E-state index in [1.54, 1.807) is 31.2 Å². The highest BCUT2D eigenvalue weighted by molar-refractivity contribution is 6.21. The largest absolute Gasteiger partial charge is 0.573 e. The van der Waals surface area contributed by atoms with E-state index < -0.39 is 29.8 Å². The van der Waals surface area contributed by atoms with Crippen molar-refractivity contribution in [1.82, 2.24) is 10.2 Å². The van der Waals surface area contributed by atoms with Crippen LogP contribution in [-0.4, -0.2) is 28.3 Å². The topological polar surface area (TPSA) is 98.4 Å². The number of aromatic nitrogens is 2. The normalized spacial score (nSPS) is 16.1. The minimum Gasteiger partial charge on any atom is -0.406 e. The first kappa shape index (κ1) is 24.9. The zero-order valence-corrected chi connectivity index (χ0v) is 19.7. The van der Waals surface area contributed by atoms with Crippen molar-refractivity contribution in [1.29, 1.82) is 0 Å². The molecule has 2 aromatic carbocycles. The van der Waals surface area contributed by atoms with Crippen LogP contribution in [0.15, 0.2) is 71.9 Å². The summed E-state index contributed by atoms with van der Waals surface area (Å²) in [6.07, 6.45) is -4.86. The number of nitrogens with zero attached hydrogens (tertiary/aromatic N) is 3. The number of alkyl halides is 3. The highest BCUT2D eigenvalue weighted by Crippen LogP contribution is 2.41. The maximum Gasteiger partial charge on any atom is 0.573 e. The second kappa shape index (κ2) is 9.44. The SMILES string of the molecule is Cc1ccc(N2C(=O)C(N)=C(C(=O)c3ccc(C(C)C)cc3)C2c2ccc(OC(F)(F)F)cc2)nn1. The predicted molar refractivity (Wildman–Crippen MR) is 126 cm³/mol. The van der Waals surface area contributed by atoms with Crippen LogP contribution in [0.5, 0.6) is 5.75 Å². The third-order valence-electron chi connectivity index (χ3n) is 5.82. The zero-order valence-electron chi connectivity index (χ0n) is 19.7. The van der Waals surface area contributed by atoms with Crippen LogP contribution in [0, 0.1) is 6.92 Å². The number of carbonyl (C=O) groups excluding carboxylic acids is 2. The van der Waals surface area contributed by atoms with Crippen LogP contribution >= 0.6 is 0 Å². The molecule has 1 amide bonds. The van der Waals surface area contributed by atoms with Gasteiger partial charge in [0, 0.05) is 5.56 Å². The molecule has 1 aliphatic rings. The van der Waals surface area contributed by atoms with Gasteiger partial charge in [0.05, 0.1) is 17.3 Å². The molecule has 4 rings (SSSR count). The highest BCUT2D eigenvalue weighted by Gasteiger charge is 2.44. The average Bonchev–Trinajstić information content (AvgIpc) is 3.09. The van der Waals surface area contributed by atoms with Crippen molar-refractivity contribution >= 4 is 17.5 Å². The van der Waals surface area contributed by atoms with Crippen LogP contribution in [0.2, 0.25) is 0 Å². The molecule has 1 unspecified atom stereocenters. The number of hydrogen-bond donors (Lipinski definition) is 1. The molecule has 0 spiro atoms. The molecule has 0 radical (unpaired) electrons. The van der Waals surface area contributed by atoms with Crippen molar-refractivity contribution in [3.8, 4) is 5.75 Å². The number of hydrogen-bond acceptors (Lipinski definition) is 6. The number of Topliss-reactive ketones (excluding diaryl/α,β-unsaturated/α-hetero) is 1. The van der Waals surface area contributed by atoms with Crippen molar-refractivity contribution in [2.75, 3.05) is 4.90 Å². The Bertz CT molecular complexity index is 1320. The molecule has 0 saturated heterocycles. The van der Waals surface area contributed by atoms with E-state index in [-0.39, 0.29) is 23.0 Å². The number of aryl methyl sites for hydroxylation is 1. The first-order valence-electron chi connectivity index (χ1n) is 11.1. The lowest BCUT2D eigenvalue weighted by molar-refractivity contribution is -0.274. The third kappa shape index (κ3) is 4.93. The Morgan fingerprint density at radius 1 is 1.00 bits per heavy atom. The minimum absolute atomic E-state index is 0.00385. The highest BCUT2D eigenvalue weighted by atomic mass is 19.4. The smallest absolute Gasteiger partial charge is 0.406 e. The second-order valence-corrected chi connectivity index (χ2v) is 8.66. The van der Waals surface area contributed by atoms with Gasteiger partial charge in [-0.15, -0.1) is 18.3 Å². The Kier molecular flexibility index (Phi) is 6.53. The predicted octanol–water partition coefficient (Wildman–Crippen LogP) is 4.99. The van der Waals surface area contributed by atoms with E-state index in [0.717, 1.165) is 17.7 Å². The standard InChI is InChI=1S/C26H23F3N4O3/c1-14(2)16-5-7-18(8-6-16)24(34)21-22(30)25(35)33(20-13-4-15(3)31-32-20)23(21)17-9-11-19(12-10-17)36-26(27,28)29/h4-14,23H,30H2,1-3H3. The Balaban J connectivity index is 1.79. The maximum absolute atomic E-state index is 13.6. The van der Waals surface area contributed by atoms with Crippen molar-refractivity contribution in [2.24, 2.45) is 5.73 Å². The Labute approximate surface area is 205 Å². The number of ether oxygens (including phenoxy) is 1. The minimum atomic E-state index is -4.86. The number of halogens is 3. The Morgan fingerprint density at radius 2 is 1.64 bits per heavy atom. The second-order valence-electron chi connectivity index (χ2n) is 8.66. The molecule has 0 saturated carbocycles. The molecular weight excluding hydrogens is 473 g/mol. The summed E-state index contributed by atoms with van der Waals surface area (Å²) < 4.78 is 41.9. The number of rotatable bonds is 6. The summed E-state index contributed by atoms with van der Waals surface area (Å²) in [7, 11) is 0. The van der Waals surface area contributed by atoms with Crippen LogP contribution in [0.3, 0.4) is 0 Å². The summed E-state index contributed by atoms with van der Waals surface area (Å²) in [5.41, 5.74) is 8.23. The Hall–Kier alpha value is -4.21. The van der Waals surface area contributed by atoms with Gasteiger partial charge in [-0.05, 0) is 48.2 Å². The quantitative estimate of drug-likeness (QED) is 0.483. The van der Waals surface area contributed by atoms with E-state index in [4.69, 9.17) is 5.73 Å². The molecular formula is C26H23F3N4O3. The van der Waals surface area contributed by atoms with Gasteiger partial charge in [0.1, 0.15) is 11.4 Å². The number of nitrogens with two attached hydrogens (primary N) is 1. The summed E-state index contributed by atoms with van der Waals surface area (Å²) in [5.74, 6) is -1.17. The first-order valence-corrected chi connectivity index (χ1v) is 11.1. The summed E-state index contributed by atoms with van der Waals surface area (Å²) >= 11 is 0. The summed E-state index contributed by atoms with van der Waals surface area (Å²) in [5, 5.41) is 8.06. The molecule has 2 N–H and O–H groups in total. The molecule has 0 fully saturated rings. The fourth-order valence-corrected chi connectivity index (χ4v) is 3.98. The number of benzene rings is 2. The van der Waals surface area contributed by atoms with Gasteiger partial charge in [-0.1, -0.05) is 50.2 Å². The maximum atomic E-state index is 13.6. The zero-order chi connectivity index (χ0) is 26.2. The van der Waals surface area contributed by atoms with Gasteiger partial charge in [-0.2, -0.15) is 5.10 Å². The third-order valence-corrected chi connectivity index (χ3v) is 5.82. The molecule has 3 aromatic rings. The van der Waals surface area contributed by atoms with Crippen molar-refractivity contribution in [3.63, 3.8) is 0 Å². The molecule has 2 heterocycles. The average molecular weight is 496 g/mol. The lowest BCUT2D eigenvalue weighted by Gasteiger charge is -2.26. The van der Waals surface area contributed by atoms with Crippen LogP contribution in [-0.2, 0) is 4.79 Å². The molecule has 36 heavy (non-hydrogen) atoms. The monoisotopic (exact) mass is 496 g/mol. The van der Waals surface area contributed by atoms with Crippen LogP contribution < -0.4 is 15.4 Å². The molecule has 0 bridgehead atoms. The van der Waals surface area contributed by atoms with Gasteiger partial charge in [0.2, 0.25) is 0 Å². The van der Waals surface area contributed by atoms with Crippen molar-refractivity contribution in [2.45, 2.75) is 39.1 Å². The van der Waals surface area contributed by atoms with Gasteiger partial charge in [0.25, 0.3) is 5.91 Å². The van der Waals surface area contributed by atoms with Gasteiger partial charge in [-0.25, -0.2) is 0 Å². The fraction of sp³-hybridized carbons (Fsp3) is 0.231. The molecule has 10 heteroatoms. The molecule has 1 aliphatic heterocycles. The van der Waals surface area contributed by atoms with Gasteiger partial charge >= 0.3 is 6.36 Å². The summed E-state index contributed by atoms with van der Waals surface area (Å²) in [4.78, 5) is 28.1. The van der Waals surface area contributed by atoms with E-state index in [9.17, 15) is 22.8 Å². The molecule has 1 atom stereocenters. The van der Waals surface area contributed by atoms with Crippen LogP contribution in [0.4, 0.5) is 19.0 Å². The van der Waals surface area contributed by atoms with Crippen molar-refractivity contribution < 1.29 is 27.5 Å². The summed E-state index contributed by atoms with van der Waals surface area (Å²) in [6.45, 7) is 5.77. The van der Waals surface area contributed by atoms with Gasteiger partial charge in [-0.3, -0.25) is 14.5 Å². The molecule has 7 nitrogen and oxygen atoms in total. The van der Waals surface area contributed by atoms with Crippen LogP contribution in [0.25, 0.3) is 0 Å². The lowest BCUT2D eigenvalue weighted by Crippen LogP contribution is -2.32. The number of carbonyl (C=O) groups is 2. The fourth-order valence-electron chi connectivity index (χ4n) is 3.98. The first-order chi connectivity index (χ1) is 17.0. The van der Waals surface area contributed by atoms with E-state index in [1.165, 1.54) is 17.0 Å². The number of amides is 1. The van der Waals surface area contributed by atoms with E-state index >= 15 is 0 Å². The van der Waals surface area contributed by atoms with Gasteiger partial charge in [0.15, 0.2) is 11.6 Å². The summed E-state index contributed by atoms with van der Waals surface area (Å²) in [6, 6.07) is 14.1. The van der Waals surface area contributed by atoms with Crippen molar-refractivity contribution in [3.05, 3.63) is 94.3 Å².